The number of aromatic amines is 1. The fourth-order valence-electron chi connectivity index (χ4n) is 1.38. The minimum Gasteiger partial charge on any atom is -0.347 e. The number of H-pyrrole nitrogens is 1. The van der Waals surface area contributed by atoms with E-state index in [1.54, 1.807) is 12.5 Å². The summed E-state index contributed by atoms with van der Waals surface area (Å²) >= 11 is 0. The van der Waals surface area contributed by atoms with Crippen molar-refractivity contribution in [2.45, 2.75) is 13.0 Å². The van der Waals surface area contributed by atoms with E-state index >= 15 is 0 Å². The Kier molecular flexibility index (Phi) is 3.46. The van der Waals surface area contributed by atoms with Gasteiger partial charge in [0.1, 0.15) is 0 Å². The van der Waals surface area contributed by atoms with Crippen molar-refractivity contribution in [3.05, 3.63) is 48.3 Å². The van der Waals surface area contributed by atoms with E-state index in [2.05, 4.69) is 26.3 Å². The summed E-state index contributed by atoms with van der Waals surface area (Å²) in [6.45, 7) is 1.78. The average Bonchev–Trinajstić information content (AvgIpc) is 2.79. The van der Waals surface area contributed by atoms with Crippen molar-refractivity contribution in [3.8, 4) is 0 Å². The highest BCUT2D eigenvalue weighted by Crippen LogP contribution is 1.96. The van der Waals surface area contributed by atoms with Gasteiger partial charge in [-0.25, -0.2) is 4.98 Å². The van der Waals surface area contributed by atoms with Crippen LogP contribution in [0.1, 0.15) is 11.3 Å². The summed E-state index contributed by atoms with van der Waals surface area (Å²) in [4.78, 5) is 11.1. The summed E-state index contributed by atoms with van der Waals surface area (Å²) in [6.07, 6.45) is 8.22. The fraction of sp³-hybridized carbons (Fsp3) is 0.273. The summed E-state index contributed by atoms with van der Waals surface area (Å²) in [5.74, 6) is 0. The van der Waals surface area contributed by atoms with Gasteiger partial charge in [-0.05, 0) is 24.6 Å². The third kappa shape index (κ3) is 3.18. The molecule has 0 fully saturated rings. The number of hydrogen-bond acceptors (Lipinski definition) is 3. The van der Waals surface area contributed by atoms with E-state index in [9.17, 15) is 0 Å². The van der Waals surface area contributed by atoms with Crippen LogP contribution in [0, 0.1) is 0 Å². The van der Waals surface area contributed by atoms with Gasteiger partial charge in [-0.15, -0.1) is 0 Å². The minimum absolute atomic E-state index is 0.834. The molecule has 0 radical (unpaired) electrons. The number of aromatic nitrogens is 3. The van der Waals surface area contributed by atoms with Crippen LogP contribution in [0.3, 0.4) is 0 Å². The quantitative estimate of drug-likeness (QED) is 0.715. The predicted octanol–water partition coefficient (Wildman–Crippen LogP) is 1.14. The first-order chi connectivity index (χ1) is 7.45. The van der Waals surface area contributed by atoms with Crippen molar-refractivity contribution in [3.63, 3.8) is 0 Å². The van der Waals surface area contributed by atoms with Crippen LogP contribution in [0.15, 0.2) is 37.1 Å². The molecule has 0 aromatic carbocycles. The van der Waals surface area contributed by atoms with E-state index in [0.717, 1.165) is 25.2 Å². The normalized spacial score (nSPS) is 10.4. The molecule has 2 N–H and O–H groups in total. The van der Waals surface area contributed by atoms with Crippen LogP contribution in [-0.2, 0) is 13.0 Å². The number of nitrogens with zero attached hydrogens (tertiary/aromatic N) is 2. The summed E-state index contributed by atoms with van der Waals surface area (Å²) < 4.78 is 0. The predicted molar refractivity (Wildman–Crippen MR) is 58.2 cm³/mol. The Morgan fingerprint density at radius 2 is 2.27 bits per heavy atom. The van der Waals surface area contributed by atoms with Gasteiger partial charge >= 0.3 is 0 Å². The van der Waals surface area contributed by atoms with Gasteiger partial charge < -0.3 is 10.3 Å². The minimum atomic E-state index is 0.834. The Balaban J connectivity index is 1.68. The molecule has 4 nitrogen and oxygen atoms in total. The molecule has 4 heteroatoms. The van der Waals surface area contributed by atoms with Gasteiger partial charge in [0.05, 0.1) is 6.33 Å². The molecule has 0 spiro atoms. The smallest absolute Gasteiger partial charge is 0.0922 e. The van der Waals surface area contributed by atoms with E-state index in [4.69, 9.17) is 0 Å². The van der Waals surface area contributed by atoms with Crippen molar-refractivity contribution in [2.75, 3.05) is 6.54 Å². The van der Waals surface area contributed by atoms with Crippen LogP contribution in [0.4, 0.5) is 0 Å². The second-order valence-electron chi connectivity index (χ2n) is 3.36. The zero-order chi connectivity index (χ0) is 10.3. The van der Waals surface area contributed by atoms with Crippen LogP contribution < -0.4 is 5.32 Å². The van der Waals surface area contributed by atoms with Gasteiger partial charge in [-0.1, -0.05) is 6.07 Å². The standard InChI is InChI=1S/C11H14N4/c1-2-10(6-12-4-1)3-5-13-7-11-8-14-9-15-11/h1-2,4,6,8-9,13H,3,5,7H2,(H,14,15). The molecule has 0 amide bonds. The Morgan fingerprint density at radius 1 is 1.27 bits per heavy atom. The Morgan fingerprint density at radius 3 is 3.00 bits per heavy atom. The number of rotatable bonds is 5. The second-order valence-corrected chi connectivity index (χ2v) is 3.36. The van der Waals surface area contributed by atoms with Gasteiger partial charge in [-0.2, -0.15) is 0 Å². The zero-order valence-corrected chi connectivity index (χ0v) is 8.48. The molecular weight excluding hydrogens is 188 g/mol. The molecule has 0 saturated heterocycles. The van der Waals surface area contributed by atoms with Crippen molar-refractivity contribution in [1.82, 2.24) is 20.3 Å². The summed E-state index contributed by atoms with van der Waals surface area (Å²) in [7, 11) is 0. The first kappa shape index (κ1) is 9.86. The van der Waals surface area contributed by atoms with Gasteiger partial charge in [0.15, 0.2) is 0 Å². The van der Waals surface area contributed by atoms with Crippen molar-refractivity contribution < 1.29 is 0 Å². The van der Waals surface area contributed by atoms with E-state index in [1.165, 1.54) is 5.56 Å². The lowest BCUT2D eigenvalue weighted by molar-refractivity contribution is 0.676. The van der Waals surface area contributed by atoms with Gasteiger partial charge in [-0.3, -0.25) is 4.98 Å². The van der Waals surface area contributed by atoms with Gasteiger partial charge in [0.25, 0.3) is 0 Å². The fourth-order valence-corrected chi connectivity index (χ4v) is 1.38. The maximum absolute atomic E-state index is 4.07. The van der Waals surface area contributed by atoms with Crippen LogP contribution >= 0.6 is 0 Å². The van der Waals surface area contributed by atoms with Crippen LogP contribution in [-0.4, -0.2) is 21.5 Å². The second kappa shape index (κ2) is 5.26. The molecule has 0 aliphatic heterocycles. The molecule has 0 bridgehead atoms. The molecule has 2 heterocycles. The van der Waals surface area contributed by atoms with Crippen molar-refractivity contribution >= 4 is 0 Å². The third-order valence-electron chi connectivity index (χ3n) is 2.18. The molecule has 2 aromatic rings. The molecule has 15 heavy (non-hydrogen) atoms. The van der Waals surface area contributed by atoms with Crippen LogP contribution in [0.5, 0.6) is 0 Å². The number of hydrogen-bond donors (Lipinski definition) is 2. The SMILES string of the molecule is c1cncc(CCNCc2cnc[nH]2)c1. The van der Waals surface area contributed by atoms with Gasteiger partial charge in [0.2, 0.25) is 0 Å². The monoisotopic (exact) mass is 202 g/mol. The van der Waals surface area contributed by atoms with E-state index in [1.807, 2.05) is 18.5 Å². The van der Waals surface area contributed by atoms with Crippen molar-refractivity contribution in [2.24, 2.45) is 0 Å². The molecule has 2 rings (SSSR count). The lowest BCUT2D eigenvalue weighted by Gasteiger charge is -2.02. The number of pyridine rings is 1. The average molecular weight is 202 g/mol. The zero-order valence-electron chi connectivity index (χ0n) is 8.48. The molecule has 0 unspecified atom stereocenters. The highest BCUT2D eigenvalue weighted by atomic mass is 14.9. The first-order valence-electron chi connectivity index (χ1n) is 5.02. The molecule has 0 aliphatic rings. The molecular formula is C11H14N4. The third-order valence-corrected chi connectivity index (χ3v) is 2.18. The highest BCUT2D eigenvalue weighted by Gasteiger charge is 1.94. The molecule has 2 aromatic heterocycles. The van der Waals surface area contributed by atoms with E-state index in [-0.39, 0.29) is 0 Å². The molecule has 78 valence electrons. The molecule has 0 saturated carbocycles. The van der Waals surface area contributed by atoms with Gasteiger partial charge in [0, 0.05) is 30.8 Å². The first-order valence-corrected chi connectivity index (χ1v) is 5.02. The Bertz CT molecular complexity index is 369. The summed E-state index contributed by atoms with van der Waals surface area (Å²) in [6, 6.07) is 4.05. The highest BCUT2D eigenvalue weighted by molar-refractivity contribution is 5.08. The van der Waals surface area contributed by atoms with Crippen molar-refractivity contribution in [1.29, 1.82) is 0 Å². The Hall–Kier alpha value is -1.68. The number of nitrogens with one attached hydrogen (secondary N) is 2. The number of imidazole rings is 1. The lowest BCUT2D eigenvalue weighted by atomic mass is 10.2. The van der Waals surface area contributed by atoms with E-state index < -0.39 is 0 Å². The Labute approximate surface area is 88.8 Å². The summed E-state index contributed by atoms with van der Waals surface area (Å²) in [5, 5.41) is 3.34. The largest absolute Gasteiger partial charge is 0.347 e. The van der Waals surface area contributed by atoms with E-state index in [0.29, 0.717) is 0 Å². The maximum atomic E-state index is 4.07. The lowest BCUT2D eigenvalue weighted by Crippen LogP contribution is -2.16. The van der Waals surface area contributed by atoms with Crippen LogP contribution in [0.2, 0.25) is 0 Å². The molecule has 0 atom stereocenters. The maximum Gasteiger partial charge on any atom is 0.0922 e. The summed E-state index contributed by atoms with van der Waals surface area (Å²) in [5.41, 5.74) is 2.37. The topological polar surface area (TPSA) is 53.6 Å². The van der Waals surface area contributed by atoms with Crippen LogP contribution in [0.25, 0.3) is 0 Å². The molecule has 0 aliphatic carbocycles.